The highest BCUT2D eigenvalue weighted by molar-refractivity contribution is 7.05. The largest absolute Gasteiger partial charge is 0.476 e. The number of carboxylic acid groups (broad SMARTS) is 1. The van der Waals surface area contributed by atoms with E-state index >= 15 is 0 Å². The molecule has 0 spiro atoms. The molecule has 0 radical (unpaired) electrons. The predicted octanol–water partition coefficient (Wildman–Crippen LogP) is 1.34. The topological polar surface area (TPSA) is 62.2 Å². The summed E-state index contributed by atoms with van der Waals surface area (Å²) in [6.07, 6.45) is 0. The molecule has 0 unspecified atom stereocenters. The molecule has 0 fully saturated rings. The first-order chi connectivity index (χ1) is 6.09. The lowest BCUT2D eigenvalue weighted by molar-refractivity contribution is 0.0692. The third-order valence-corrected chi connectivity index (χ3v) is 2.25. The van der Waals surface area contributed by atoms with Crippen LogP contribution in [-0.4, -0.2) is 21.5 Å². The Balaban J connectivity index is 2.54. The van der Waals surface area contributed by atoms with Gasteiger partial charge in [-0.15, -0.1) is 0 Å². The fraction of sp³-hybridized carbons (Fsp3) is 0.500. The molecule has 1 aromatic rings. The molecule has 0 aliphatic rings. The zero-order chi connectivity index (χ0) is 9.84. The second kappa shape index (κ2) is 4.34. The molecule has 0 atom stereocenters. The van der Waals surface area contributed by atoms with E-state index in [-0.39, 0.29) is 5.69 Å². The molecule has 1 aromatic heterocycles. The van der Waals surface area contributed by atoms with Gasteiger partial charge < -0.3 is 10.4 Å². The van der Waals surface area contributed by atoms with Gasteiger partial charge in [0.2, 0.25) is 0 Å². The average Bonchev–Trinajstić information content (AvgIpc) is 2.48. The van der Waals surface area contributed by atoms with Crippen molar-refractivity contribution in [1.29, 1.82) is 0 Å². The van der Waals surface area contributed by atoms with Crippen molar-refractivity contribution in [2.24, 2.45) is 0 Å². The van der Waals surface area contributed by atoms with Crippen LogP contribution in [0.5, 0.6) is 0 Å². The lowest BCUT2D eigenvalue weighted by Gasteiger charge is -2.04. The summed E-state index contributed by atoms with van der Waals surface area (Å²) >= 11 is 1.23. The van der Waals surface area contributed by atoms with Gasteiger partial charge in [-0.2, -0.15) is 4.37 Å². The molecule has 2 N–H and O–H groups in total. The Bertz CT molecular complexity index is 296. The van der Waals surface area contributed by atoms with Gasteiger partial charge in [-0.1, -0.05) is 13.8 Å². The average molecular weight is 200 g/mol. The van der Waals surface area contributed by atoms with Crippen LogP contribution in [0, 0.1) is 0 Å². The molecule has 1 rings (SSSR count). The number of hydrogen-bond donors (Lipinski definition) is 2. The molecular weight excluding hydrogens is 188 g/mol. The van der Waals surface area contributed by atoms with Gasteiger partial charge in [-0.3, -0.25) is 0 Å². The Morgan fingerprint density at radius 2 is 2.46 bits per heavy atom. The maximum atomic E-state index is 10.5. The van der Waals surface area contributed by atoms with Gasteiger partial charge in [0.1, 0.15) is 0 Å². The Labute approximate surface area is 80.8 Å². The van der Waals surface area contributed by atoms with E-state index in [2.05, 4.69) is 9.69 Å². The van der Waals surface area contributed by atoms with E-state index in [9.17, 15) is 4.79 Å². The number of aromatic nitrogens is 1. The van der Waals surface area contributed by atoms with E-state index in [1.54, 1.807) is 6.07 Å². The Kier molecular flexibility index (Phi) is 3.39. The smallest absolute Gasteiger partial charge is 0.355 e. The zero-order valence-corrected chi connectivity index (χ0v) is 8.39. The summed E-state index contributed by atoms with van der Waals surface area (Å²) < 4.78 is 3.80. The fourth-order valence-corrected chi connectivity index (χ4v) is 1.46. The van der Waals surface area contributed by atoms with Crippen LogP contribution in [-0.2, 0) is 6.54 Å². The van der Waals surface area contributed by atoms with Crippen LogP contribution in [0.4, 0.5) is 0 Å². The van der Waals surface area contributed by atoms with Crippen molar-refractivity contribution in [2.75, 3.05) is 0 Å². The number of nitrogens with zero attached hydrogens (tertiary/aromatic N) is 1. The number of nitrogens with one attached hydrogen (secondary N) is 1. The van der Waals surface area contributed by atoms with Gasteiger partial charge in [0, 0.05) is 17.5 Å². The van der Waals surface area contributed by atoms with Crippen molar-refractivity contribution < 1.29 is 9.90 Å². The molecule has 0 saturated heterocycles. The van der Waals surface area contributed by atoms with Crippen LogP contribution in [0.15, 0.2) is 6.07 Å². The van der Waals surface area contributed by atoms with Crippen molar-refractivity contribution in [2.45, 2.75) is 26.4 Å². The van der Waals surface area contributed by atoms with Crippen LogP contribution >= 0.6 is 11.5 Å². The predicted molar refractivity (Wildman–Crippen MR) is 51.0 cm³/mol. The molecule has 0 aliphatic carbocycles. The van der Waals surface area contributed by atoms with Gasteiger partial charge in [0.15, 0.2) is 5.69 Å². The highest BCUT2D eigenvalue weighted by Gasteiger charge is 2.08. The third kappa shape index (κ3) is 3.12. The van der Waals surface area contributed by atoms with Gasteiger partial charge in [0.05, 0.1) is 0 Å². The molecular formula is C8H12N2O2S. The van der Waals surface area contributed by atoms with Gasteiger partial charge in [-0.25, -0.2) is 4.79 Å². The molecule has 4 nitrogen and oxygen atoms in total. The molecule has 13 heavy (non-hydrogen) atoms. The molecule has 0 amide bonds. The molecule has 72 valence electrons. The van der Waals surface area contributed by atoms with Crippen molar-refractivity contribution in [1.82, 2.24) is 9.69 Å². The quantitative estimate of drug-likeness (QED) is 0.770. The summed E-state index contributed by atoms with van der Waals surface area (Å²) in [5.74, 6) is -0.966. The van der Waals surface area contributed by atoms with Gasteiger partial charge in [-0.05, 0) is 17.6 Å². The number of hydrogen-bond acceptors (Lipinski definition) is 4. The molecule has 0 aliphatic heterocycles. The zero-order valence-electron chi connectivity index (χ0n) is 7.57. The van der Waals surface area contributed by atoms with E-state index in [0.29, 0.717) is 12.6 Å². The van der Waals surface area contributed by atoms with Crippen molar-refractivity contribution in [3.05, 3.63) is 16.6 Å². The van der Waals surface area contributed by atoms with E-state index in [1.807, 2.05) is 13.8 Å². The van der Waals surface area contributed by atoms with Gasteiger partial charge >= 0.3 is 5.97 Å². The van der Waals surface area contributed by atoms with Crippen LogP contribution < -0.4 is 5.32 Å². The SMILES string of the molecule is CC(C)NCc1cc(C(=O)O)ns1. The van der Waals surface area contributed by atoms with Crippen molar-refractivity contribution in [3.8, 4) is 0 Å². The third-order valence-electron chi connectivity index (χ3n) is 1.46. The first kappa shape index (κ1) is 10.1. The lowest BCUT2D eigenvalue weighted by Crippen LogP contribution is -2.21. The molecule has 0 saturated carbocycles. The number of carbonyl (C=O) groups is 1. The standard InChI is InChI=1S/C8H12N2O2S/c1-5(2)9-4-6-3-7(8(11)12)10-13-6/h3,5,9H,4H2,1-2H3,(H,11,12). The van der Waals surface area contributed by atoms with Crippen molar-refractivity contribution >= 4 is 17.5 Å². The number of aromatic carboxylic acids is 1. The Morgan fingerprint density at radius 3 is 2.92 bits per heavy atom. The molecule has 0 bridgehead atoms. The first-order valence-electron chi connectivity index (χ1n) is 4.02. The minimum absolute atomic E-state index is 0.130. The van der Waals surface area contributed by atoms with E-state index in [0.717, 1.165) is 4.88 Å². The maximum absolute atomic E-state index is 10.5. The van der Waals surface area contributed by atoms with E-state index < -0.39 is 5.97 Å². The van der Waals surface area contributed by atoms with E-state index in [1.165, 1.54) is 11.5 Å². The number of carboxylic acids is 1. The summed E-state index contributed by atoms with van der Waals surface area (Å²) in [4.78, 5) is 11.4. The normalized spacial score (nSPS) is 10.7. The Morgan fingerprint density at radius 1 is 1.77 bits per heavy atom. The minimum Gasteiger partial charge on any atom is -0.476 e. The summed E-state index contributed by atoms with van der Waals surface area (Å²) in [6, 6.07) is 2.00. The second-order valence-corrected chi connectivity index (χ2v) is 3.91. The summed E-state index contributed by atoms with van der Waals surface area (Å²) in [7, 11) is 0. The number of rotatable bonds is 4. The monoisotopic (exact) mass is 200 g/mol. The van der Waals surface area contributed by atoms with Crippen LogP contribution in [0.2, 0.25) is 0 Å². The van der Waals surface area contributed by atoms with Crippen LogP contribution in [0.1, 0.15) is 29.2 Å². The fourth-order valence-electron chi connectivity index (χ4n) is 0.802. The van der Waals surface area contributed by atoms with Gasteiger partial charge in [0.25, 0.3) is 0 Å². The summed E-state index contributed by atoms with van der Waals surface area (Å²) in [6.45, 7) is 4.76. The maximum Gasteiger partial charge on any atom is 0.355 e. The molecule has 0 aromatic carbocycles. The Hall–Kier alpha value is -0.940. The first-order valence-corrected chi connectivity index (χ1v) is 4.79. The highest BCUT2D eigenvalue weighted by atomic mass is 32.1. The van der Waals surface area contributed by atoms with E-state index in [4.69, 9.17) is 5.11 Å². The molecule has 1 heterocycles. The minimum atomic E-state index is -0.966. The van der Waals surface area contributed by atoms with Crippen molar-refractivity contribution in [3.63, 3.8) is 0 Å². The molecule has 5 heteroatoms. The lowest BCUT2D eigenvalue weighted by atomic mass is 10.3. The van der Waals surface area contributed by atoms with Crippen LogP contribution in [0.25, 0.3) is 0 Å². The highest BCUT2D eigenvalue weighted by Crippen LogP contribution is 2.09. The summed E-state index contributed by atoms with van der Waals surface area (Å²) in [5, 5.41) is 11.8. The summed E-state index contributed by atoms with van der Waals surface area (Å²) in [5.41, 5.74) is 0.130. The van der Waals surface area contributed by atoms with Crippen LogP contribution in [0.3, 0.4) is 0 Å². The second-order valence-electron chi connectivity index (χ2n) is 3.02.